The fraction of sp³-hybridized carbons (Fsp3) is 0.400. The maximum atomic E-state index is 9.74. The van der Waals surface area contributed by atoms with Crippen LogP contribution in [0, 0.1) is 0 Å². The summed E-state index contributed by atoms with van der Waals surface area (Å²) in [6.45, 7) is 0. The van der Waals surface area contributed by atoms with Crippen LogP contribution in [0.5, 0.6) is 0 Å². The monoisotopic (exact) mass is 134 g/mol. The highest BCUT2D eigenvalue weighted by Crippen LogP contribution is 1.85. The van der Waals surface area contributed by atoms with Gasteiger partial charge in [0.05, 0.1) is 0 Å². The molecule has 1 N–H and O–H groups in total. The lowest BCUT2D eigenvalue weighted by atomic mass is 10.4. The molecule has 0 bridgehead atoms. The number of carboxylic acid groups (broad SMARTS) is 1. The van der Waals surface area contributed by atoms with Crippen LogP contribution in [0.15, 0.2) is 12.2 Å². The van der Waals surface area contributed by atoms with Crippen molar-refractivity contribution in [1.82, 2.24) is 0 Å². The number of hydrogen-bond donors (Lipinski definition) is 1. The number of hydrogen-bond acceptors (Lipinski definition) is 1. The highest BCUT2D eigenvalue weighted by Gasteiger charge is 1.81. The van der Waals surface area contributed by atoms with Crippen molar-refractivity contribution < 1.29 is 9.90 Å². The summed E-state index contributed by atoms with van der Waals surface area (Å²) in [6.07, 6.45) is 3.23. The third kappa shape index (κ3) is 5.50. The molecule has 0 spiro atoms. The first-order valence-corrected chi connectivity index (χ1v) is 2.76. The van der Waals surface area contributed by atoms with Crippen LogP contribution in [0.2, 0.25) is 0 Å². The predicted molar refractivity (Wildman–Crippen MR) is 32.1 cm³/mol. The number of halogens is 1. The lowest BCUT2D eigenvalue weighted by molar-refractivity contribution is -0.131. The minimum atomic E-state index is -0.921. The molecule has 0 radical (unpaired) electrons. The first-order valence-electron chi connectivity index (χ1n) is 2.23. The number of alkyl halides is 1. The molecule has 0 aromatic carbocycles. The van der Waals surface area contributed by atoms with E-state index < -0.39 is 5.97 Å². The molecule has 0 amide bonds. The van der Waals surface area contributed by atoms with Crippen LogP contribution in [0.25, 0.3) is 0 Å². The van der Waals surface area contributed by atoms with Crippen molar-refractivity contribution in [2.24, 2.45) is 0 Å². The van der Waals surface area contributed by atoms with Gasteiger partial charge in [-0.25, -0.2) is 4.79 Å². The maximum absolute atomic E-state index is 9.74. The van der Waals surface area contributed by atoms with Gasteiger partial charge < -0.3 is 5.11 Å². The Morgan fingerprint density at radius 1 is 1.75 bits per heavy atom. The molecule has 8 heavy (non-hydrogen) atoms. The highest BCUT2D eigenvalue weighted by atomic mass is 35.5. The molecule has 0 saturated heterocycles. The highest BCUT2D eigenvalue weighted by molar-refractivity contribution is 6.17. The lowest BCUT2D eigenvalue weighted by Crippen LogP contribution is -1.85. The standard InChI is InChI=1S/C5H7ClO2/c6-4-2-1-3-5(7)8/h1,3H,2,4H2,(H,7,8). The number of allylic oxidation sites excluding steroid dienone is 1. The molecule has 0 rings (SSSR count). The molecule has 0 saturated carbocycles. The third-order valence-electron chi connectivity index (χ3n) is 0.536. The number of aliphatic carboxylic acids is 1. The summed E-state index contributed by atoms with van der Waals surface area (Å²) in [4.78, 5) is 9.74. The summed E-state index contributed by atoms with van der Waals surface area (Å²) in [5.74, 6) is -0.445. The zero-order chi connectivity index (χ0) is 6.41. The van der Waals surface area contributed by atoms with Crippen molar-refractivity contribution in [2.75, 3.05) is 5.88 Å². The molecule has 0 aromatic rings. The second-order valence-corrected chi connectivity index (χ2v) is 1.60. The molecule has 46 valence electrons. The summed E-state index contributed by atoms with van der Waals surface area (Å²) < 4.78 is 0. The van der Waals surface area contributed by atoms with Gasteiger partial charge in [-0.3, -0.25) is 0 Å². The molecule has 2 nitrogen and oxygen atoms in total. The fourth-order valence-corrected chi connectivity index (χ4v) is 0.373. The molecular weight excluding hydrogens is 128 g/mol. The molecule has 0 atom stereocenters. The third-order valence-corrected chi connectivity index (χ3v) is 0.754. The van der Waals surface area contributed by atoms with Gasteiger partial charge in [0.1, 0.15) is 0 Å². The van der Waals surface area contributed by atoms with Gasteiger partial charge in [-0.15, -0.1) is 11.6 Å². The lowest BCUT2D eigenvalue weighted by Gasteiger charge is -1.78. The Hall–Kier alpha value is -0.500. The zero-order valence-corrected chi connectivity index (χ0v) is 5.06. The van der Waals surface area contributed by atoms with Crippen LogP contribution < -0.4 is 0 Å². The minimum Gasteiger partial charge on any atom is -0.478 e. The first kappa shape index (κ1) is 7.50. The Kier molecular flexibility index (Phi) is 4.36. The predicted octanol–water partition coefficient (Wildman–Crippen LogP) is 1.26. The van der Waals surface area contributed by atoms with Gasteiger partial charge >= 0.3 is 5.97 Å². The van der Waals surface area contributed by atoms with E-state index in [-0.39, 0.29) is 0 Å². The largest absolute Gasteiger partial charge is 0.478 e. The van der Waals surface area contributed by atoms with Crippen molar-refractivity contribution in [3.8, 4) is 0 Å². The van der Waals surface area contributed by atoms with E-state index in [0.717, 1.165) is 6.08 Å². The van der Waals surface area contributed by atoms with Crippen molar-refractivity contribution >= 4 is 17.6 Å². The first-order chi connectivity index (χ1) is 3.77. The molecular formula is C5H7ClO2. The second-order valence-electron chi connectivity index (χ2n) is 1.22. The molecule has 0 aromatic heterocycles. The number of carboxylic acids is 1. The van der Waals surface area contributed by atoms with E-state index >= 15 is 0 Å². The van der Waals surface area contributed by atoms with Gasteiger partial charge in [0.2, 0.25) is 0 Å². The molecule has 0 aliphatic carbocycles. The van der Waals surface area contributed by atoms with Gasteiger partial charge in [0, 0.05) is 12.0 Å². The van der Waals surface area contributed by atoms with E-state index in [2.05, 4.69) is 0 Å². The Balaban J connectivity index is 3.20. The van der Waals surface area contributed by atoms with Gasteiger partial charge in [-0.1, -0.05) is 6.08 Å². The van der Waals surface area contributed by atoms with Gasteiger partial charge in [-0.05, 0) is 6.42 Å². The van der Waals surface area contributed by atoms with E-state index in [4.69, 9.17) is 16.7 Å². The molecule has 0 fully saturated rings. The van der Waals surface area contributed by atoms with Gasteiger partial charge in [0.15, 0.2) is 0 Å². The second kappa shape index (κ2) is 4.65. The van der Waals surface area contributed by atoms with Crippen molar-refractivity contribution in [3.63, 3.8) is 0 Å². The molecule has 0 aliphatic heterocycles. The molecule has 3 heteroatoms. The number of rotatable bonds is 3. The zero-order valence-electron chi connectivity index (χ0n) is 4.30. The molecule has 0 aliphatic rings. The Morgan fingerprint density at radius 3 is 2.75 bits per heavy atom. The van der Waals surface area contributed by atoms with Gasteiger partial charge in [0.25, 0.3) is 0 Å². The van der Waals surface area contributed by atoms with E-state index in [0.29, 0.717) is 12.3 Å². The Labute approximate surface area is 52.8 Å². The molecule has 0 unspecified atom stereocenters. The van der Waals surface area contributed by atoms with Crippen LogP contribution in [-0.2, 0) is 4.79 Å². The van der Waals surface area contributed by atoms with E-state index in [9.17, 15) is 4.79 Å². The van der Waals surface area contributed by atoms with Crippen LogP contribution >= 0.6 is 11.6 Å². The van der Waals surface area contributed by atoms with Crippen molar-refractivity contribution in [1.29, 1.82) is 0 Å². The maximum Gasteiger partial charge on any atom is 0.327 e. The fourth-order valence-electron chi connectivity index (χ4n) is 0.247. The van der Waals surface area contributed by atoms with E-state index in [1.807, 2.05) is 0 Å². The van der Waals surface area contributed by atoms with Crippen LogP contribution in [0.1, 0.15) is 6.42 Å². The van der Waals surface area contributed by atoms with Crippen molar-refractivity contribution in [3.05, 3.63) is 12.2 Å². The summed E-state index contributed by atoms with van der Waals surface area (Å²) >= 11 is 5.24. The summed E-state index contributed by atoms with van der Waals surface area (Å²) in [6, 6.07) is 0. The molecule has 0 heterocycles. The van der Waals surface area contributed by atoms with E-state index in [1.54, 1.807) is 0 Å². The topological polar surface area (TPSA) is 37.3 Å². The normalized spacial score (nSPS) is 10.1. The van der Waals surface area contributed by atoms with Crippen molar-refractivity contribution in [2.45, 2.75) is 6.42 Å². The number of carbonyl (C=O) groups is 1. The Morgan fingerprint density at radius 2 is 2.38 bits per heavy atom. The minimum absolute atomic E-state index is 0.476. The summed E-state index contributed by atoms with van der Waals surface area (Å²) in [5, 5.41) is 8.01. The SMILES string of the molecule is O=C(O)C=CCCCl. The average molecular weight is 135 g/mol. The quantitative estimate of drug-likeness (QED) is 0.466. The van der Waals surface area contributed by atoms with Gasteiger partial charge in [-0.2, -0.15) is 0 Å². The Bertz CT molecular complexity index is 98.6. The smallest absolute Gasteiger partial charge is 0.327 e. The van der Waals surface area contributed by atoms with E-state index in [1.165, 1.54) is 6.08 Å². The van der Waals surface area contributed by atoms with Crippen LogP contribution in [0.4, 0.5) is 0 Å². The van der Waals surface area contributed by atoms with Crippen LogP contribution in [0.3, 0.4) is 0 Å². The summed E-state index contributed by atoms with van der Waals surface area (Å²) in [7, 11) is 0. The van der Waals surface area contributed by atoms with Crippen LogP contribution in [-0.4, -0.2) is 17.0 Å². The summed E-state index contributed by atoms with van der Waals surface area (Å²) in [5.41, 5.74) is 0. The average Bonchev–Trinajstić information content (AvgIpc) is 1.66.